The molecule has 48 valence electrons. The molecule has 0 unspecified atom stereocenters. The Balaban J connectivity index is 3.89. The Morgan fingerprint density at radius 3 is 1.88 bits per heavy atom. The molecule has 0 saturated heterocycles. The van der Waals surface area contributed by atoms with Crippen LogP contribution in [0.5, 0.6) is 0 Å². The minimum absolute atomic E-state index is 0.0949. The lowest BCUT2D eigenvalue weighted by atomic mass is 10.1. The average molecular weight is 155 g/mol. The lowest BCUT2D eigenvalue weighted by Gasteiger charge is -2.09. The van der Waals surface area contributed by atoms with Gasteiger partial charge in [0.1, 0.15) is 4.49 Å². The van der Waals surface area contributed by atoms with Crippen molar-refractivity contribution in [1.29, 1.82) is 0 Å². The van der Waals surface area contributed by atoms with Gasteiger partial charge < -0.3 is 5.11 Å². The Kier molecular flexibility index (Phi) is 2.81. The fourth-order valence-electron chi connectivity index (χ4n) is 0.267. The Morgan fingerprint density at radius 1 is 1.50 bits per heavy atom. The molecular formula is C5H8Cl2O. The summed E-state index contributed by atoms with van der Waals surface area (Å²) in [6.07, 6.45) is 1.36. The van der Waals surface area contributed by atoms with E-state index in [-0.39, 0.29) is 4.49 Å². The first kappa shape index (κ1) is 8.28. The first-order valence-electron chi connectivity index (χ1n) is 2.18. The van der Waals surface area contributed by atoms with E-state index in [9.17, 15) is 0 Å². The largest absolute Gasteiger partial charge is 0.386 e. The monoisotopic (exact) mass is 154 g/mol. The Hall–Kier alpha value is 0.280. The summed E-state index contributed by atoms with van der Waals surface area (Å²) in [4.78, 5) is 0. The molecule has 0 aliphatic heterocycles. The maximum atomic E-state index is 8.94. The highest BCUT2D eigenvalue weighted by atomic mass is 35.5. The first-order valence-corrected chi connectivity index (χ1v) is 2.93. The van der Waals surface area contributed by atoms with Gasteiger partial charge in [0.15, 0.2) is 0 Å². The molecule has 1 nitrogen and oxygen atoms in total. The molecule has 1 N–H and O–H groups in total. The van der Waals surface area contributed by atoms with E-state index < -0.39 is 5.60 Å². The van der Waals surface area contributed by atoms with E-state index in [1.54, 1.807) is 13.8 Å². The van der Waals surface area contributed by atoms with Gasteiger partial charge in [0.2, 0.25) is 0 Å². The second-order valence-electron chi connectivity index (χ2n) is 2.09. The molecule has 3 heteroatoms. The molecule has 8 heavy (non-hydrogen) atoms. The van der Waals surface area contributed by atoms with Gasteiger partial charge in [0.25, 0.3) is 0 Å². The van der Waals surface area contributed by atoms with E-state index in [1.165, 1.54) is 6.08 Å². The van der Waals surface area contributed by atoms with E-state index >= 15 is 0 Å². The SMILES string of the molecule is CC(C)(O)C=C(Cl)Cl. The summed E-state index contributed by atoms with van der Waals surface area (Å²) in [5.41, 5.74) is -0.904. The van der Waals surface area contributed by atoms with Crippen molar-refractivity contribution in [2.24, 2.45) is 0 Å². The second kappa shape index (κ2) is 2.72. The molecule has 0 saturated carbocycles. The maximum absolute atomic E-state index is 8.94. The third kappa shape index (κ3) is 6.28. The van der Waals surface area contributed by atoms with E-state index in [1.807, 2.05) is 0 Å². The van der Waals surface area contributed by atoms with E-state index in [0.29, 0.717) is 0 Å². The molecule has 0 rings (SSSR count). The average Bonchev–Trinajstić information content (AvgIpc) is 1.21. The van der Waals surface area contributed by atoms with Crippen molar-refractivity contribution in [3.05, 3.63) is 10.6 Å². The third-order valence-corrected chi connectivity index (χ3v) is 0.681. The van der Waals surface area contributed by atoms with Crippen molar-refractivity contribution in [2.45, 2.75) is 19.4 Å². The number of hydrogen-bond acceptors (Lipinski definition) is 1. The van der Waals surface area contributed by atoms with Crippen LogP contribution in [0.1, 0.15) is 13.8 Å². The molecule has 0 bridgehead atoms. The van der Waals surface area contributed by atoms with Gasteiger partial charge in [-0.25, -0.2) is 0 Å². The van der Waals surface area contributed by atoms with Crippen LogP contribution in [-0.4, -0.2) is 10.7 Å². The molecule has 0 atom stereocenters. The van der Waals surface area contributed by atoms with Gasteiger partial charge >= 0.3 is 0 Å². The third-order valence-electron chi connectivity index (χ3n) is 0.462. The summed E-state index contributed by atoms with van der Waals surface area (Å²) in [5, 5.41) is 8.94. The van der Waals surface area contributed by atoms with Gasteiger partial charge in [0.05, 0.1) is 5.60 Å². The molecule has 0 radical (unpaired) electrons. The van der Waals surface area contributed by atoms with Gasteiger partial charge in [-0.1, -0.05) is 23.2 Å². The Labute approximate surface area is 58.9 Å². The lowest BCUT2D eigenvalue weighted by Crippen LogP contribution is -2.13. The van der Waals surface area contributed by atoms with E-state index in [4.69, 9.17) is 28.3 Å². The summed E-state index contributed by atoms with van der Waals surface area (Å²) in [7, 11) is 0. The molecule has 0 spiro atoms. The molecule has 0 amide bonds. The van der Waals surface area contributed by atoms with Crippen LogP contribution in [0.15, 0.2) is 10.6 Å². The number of halogens is 2. The summed E-state index contributed by atoms with van der Waals surface area (Å²) in [5.74, 6) is 0. The molecule has 0 aliphatic rings. The summed E-state index contributed by atoms with van der Waals surface area (Å²) in [6, 6.07) is 0. The summed E-state index contributed by atoms with van der Waals surface area (Å²) in [6.45, 7) is 3.19. The van der Waals surface area contributed by atoms with Crippen molar-refractivity contribution < 1.29 is 5.11 Å². The van der Waals surface area contributed by atoms with Gasteiger partial charge in [-0.15, -0.1) is 0 Å². The summed E-state index contributed by atoms with van der Waals surface area (Å²) < 4.78 is 0.0949. The van der Waals surface area contributed by atoms with Crippen molar-refractivity contribution in [3.8, 4) is 0 Å². The normalized spacial score (nSPS) is 11.1. The Bertz CT molecular complexity index is 97.5. The minimum Gasteiger partial charge on any atom is -0.386 e. The molecule has 0 fully saturated rings. The molecule has 0 aromatic heterocycles. The zero-order valence-corrected chi connectivity index (χ0v) is 6.29. The van der Waals surface area contributed by atoms with E-state index in [2.05, 4.69) is 0 Å². The van der Waals surface area contributed by atoms with Crippen LogP contribution in [0.3, 0.4) is 0 Å². The number of rotatable bonds is 1. The van der Waals surface area contributed by atoms with Crippen molar-refractivity contribution in [1.82, 2.24) is 0 Å². The topological polar surface area (TPSA) is 20.2 Å². The molecule has 0 aliphatic carbocycles. The molecule has 0 heterocycles. The highest BCUT2D eigenvalue weighted by Crippen LogP contribution is 2.13. The standard InChI is InChI=1S/C5H8Cl2O/c1-5(2,8)3-4(6)7/h3,8H,1-2H3. The number of hydrogen-bond donors (Lipinski definition) is 1. The number of aliphatic hydroxyl groups is 1. The summed E-state index contributed by atoms with van der Waals surface area (Å²) >= 11 is 10.5. The molecular weight excluding hydrogens is 147 g/mol. The van der Waals surface area contributed by atoms with Crippen molar-refractivity contribution >= 4 is 23.2 Å². The van der Waals surface area contributed by atoms with Crippen molar-refractivity contribution in [3.63, 3.8) is 0 Å². The predicted molar refractivity (Wildman–Crippen MR) is 36.1 cm³/mol. The van der Waals surface area contributed by atoms with E-state index in [0.717, 1.165) is 0 Å². The fraction of sp³-hybridized carbons (Fsp3) is 0.600. The van der Waals surface area contributed by atoms with Crippen LogP contribution in [0.4, 0.5) is 0 Å². The van der Waals surface area contributed by atoms with Gasteiger partial charge in [-0.3, -0.25) is 0 Å². The van der Waals surface area contributed by atoms with Gasteiger partial charge in [-0.05, 0) is 19.9 Å². The van der Waals surface area contributed by atoms with Crippen LogP contribution >= 0.6 is 23.2 Å². The minimum atomic E-state index is -0.904. The first-order chi connectivity index (χ1) is 3.42. The van der Waals surface area contributed by atoms with Crippen LogP contribution in [0.25, 0.3) is 0 Å². The van der Waals surface area contributed by atoms with Gasteiger partial charge in [-0.2, -0.15) is 0 Å². The molecule has 0 aromatic rings. The van der Waals surface area contributed by atoms with Crippen LogP contribution < -0.4 is 0 Å². The van der Waals surface area contributed by atoms with Crippen LogP contribution in [0.2, 0.25) is 0 Å². The van der Waals surface area contributed by atoms with Gasteiger partial charge in [0, 0.05) is 0 Å². The quantitative estimate of drug-likeness (QED) is 0.614. The second-order valence-corrected chi connectivity index (χ2v) is 3.10. The lowest BCUT2D eigenvalue weighted by molar-refractivity contribution is 0.133. The highest BCUT2D eigenvalue weighted by Gasteiger charge is 2.07. The molecule has 0 aromatic carbocycles. The zero-order chi connectivity index (χ0) is 6.78. The van der Waals surface area contributed by atoms with Crippen LogP contribution in [-0.2, 0) is 0 Å². The smallest absolute Gasteiger partial charge is 0.105 e. The van der Waals surface area contributed by atoms with Crippen LogP contribution in [0, 0.1) is 0 Å². The maximum Gasteiger partial charge on any atom is 0.105 e. The van der Waals surface area contributed by atoms with Crippen molar-refractivity contribution in [2.75, 3.05) is 0 Å². The predicted octanol–water partition coefficient (Wildman–Crippen LogP) is 2.08. The fourth-order valence-corrected chi connectivity index (χ4v) is 0.801. The zero-order valence-electron chi connectivity index (χ0n) is 4.78. The highest BCUT2D eigenvalue weighted by molar-refractivity contribution is 6.55. The Morgan fingerprint density at radius 2 is 1.88 bits per heavy atom.